The Bertz CT molecular complexity index is 1380. The third kappa shape index (κ3) is 7.64. The third-order valence-corrected chi connectivity index (χ3v) is 7.92. The topological polar surface area (TPSA) is 130 Å². The fraction of sp³-hybridized carbons (Fsp3) is 0.286. The number of hydrogen-bond donors (Lipinski definition) is 1. The van der Waals surface area contributed by atoms with Gasteiger partial charge in [0.05, 0.1) is 15.5 Å². The zero-order valence-electron chi connectivity index (χ0n) is 21.9. The molecule has 0 aromatic heterocycles. The van der Waals surface area contributed by atoms with E-state index in [2.05, 4.69) is 5.32 Å². The summed E-state index contributed by atoms with van der Waals surface area (Å²) in [4.78, 5) is 38.8. The van der Waals surface area contributed by atoms with Crippen molar-refractivity contribution in [3.05, 3.63) is 101 Å². The summed E-state index contributed by atoms with van der Waals surface area (Å²) in [6, 6.07) is 20.8. The van der Waals surface area contributed by atoms with E-state index in [-0.39, 0.29) is 28.7 Å². The fourth-order valence-electron chi connectivity index (χ4n) is 3.91. The number of benzene rings is 3. The molecule has 3 rings (SSSR count). The van der Waals surface area contributed by atoms with E-state index >= 15 is 0 Å². The molecule has 1 atom stereocenters. The fourth-order valence-corrected chi connectivity index (χ4v) is 5.34. The number of amides is 2. The minimum atomic E-state index is -4.30. The molecule has 2 amide bonds. The SMILES string of the molecule is CCCCNC(=O)[C@@H](C)N(Cc1ccccc1)C(=O)CN(c1cccc([N+](=O)[O-])c1)S(=O)(=O)c1ccccc1. The Kier molecular flexibility index (Phi) is 10.2. The Morgan fingerprint density at radius 1 is 0.974 bits per heavy atom. The number of non-ortho nitro benzene ring substituents is 1. The smallest absolute Gasteiger partial charge is 0.271 e. The van der Waals surface area contributed by atoms with Crippen LogP contribution in [0.25, 0.3) is 0 Å². The van der Waals surface area contributed by atoms with Crippen LogP contribution in [0.1, 0.15) is 32.3 Å². The molecule has 39 heavy (non-hydrogen) atoms. The zero-order chi connectivity index (χ0) is 28.4. The molecule has 3 aromatic carbocycles. The van der Waals surface area contributed by atoms with E-state index < -0.39 is 33.4 Å². The van der Waals surface area contributed by atoms with Gasteiger partial charge in [0.15, 0.2) is 0 Å². The second kappa shape index (κ2) is 13.5. The van der Waals surface area contributed by atoms with Crippen molar-refractivity contribution in [2.75, 3.05) is 17.4 Å². The number of hydrogen-bond acceptors (Lipinski definition) is 6. The van der Waals surface area contributed by atoms with E-state index in [1.54, 1.807) is 49.4 Å². The lowest BCUT2D eigenvalue weighted by molar-refractivity contribution is -0.384. The molecule has 0 radical (unpaired) electrons. The Labute approximate surface area is 228 Å². The first-order chi connectivity index (χ1) is 18.6. The normalized spacial score (nSPS) is 11.8. The number of carbonyl (C=O) groups is 2. The van der Waals surface area contributed by atoms with Gasteiger partial charge in [-0.05, 0) is 37.1 Å². The van der Waals surface area contributed by atoms with Crippen molar-refractivity contribution in [2.45, 2.75) is 44.2 Å². The van der Waals surface area contributed by atoms with Gasteiger partial charge in [-0.15, -0.1) is 0 Å². The first-order valence-corrected chi connectivity index (χ1v) is 14.0. The first kappa shape index (κ1) is 29.3. The van der Waals surface area contributed by atoms with Gasteiger partial charge in [0.25, 0.3) is 15.7 Å². The molecule has 206 valence electrons. The maximum atomic E-state index is 13.8. The van der Waals surface area contributed by atoms with Gasteiger partial charge in [-0.3, -0.25) is 24.0 Å². The number of nitrogens with one attached hydrogen (secondary N) is 1. The summed E-state index contributed by atoms with van der Waals surface area (Å²) < 4.78 is 28.3. The van der Waals surface area contributed by atoms with Crippen molar-refractivity contribution in [1.29, 1.82) is 0 Å². The number of nitro groups is 1. The largest absolute Gasteiger partial charge is 0.354 e. The number of nitrogens with zero attached hydrogens (tertiary/aromatic N) is 3. The van der Waals surface area contributed by atoms with E-state index in [0.717, 1.165) is 28.8 Å². The predicted molar refractivity (Wildman–Crippen MR) is 148 cm³/mol. The molecule has 0 aliphatic rings. The molecule has 0 fully saturated rings. The van der Waals surface area contributed by atoms with Crippen LogP contribution in [0.5, 0.6) is 0 Å². The van der Waals surface area contributed by atoms with Gasteiger partial charge >= 0.3 is 0 Å². The second-order valence-electron chi connectivity index (χ2n) is 8.93. The minimum absolute atomic E-state index is 0.0406. The van der Waals surface area contributed by atoms with Crippen LogP contribution in [0.15, 0.2) is 89.8 Å². The molecular weight excluding hydrogens is 520 g/mol. The summed E-state index contributed by atoms with van der Waals surface area (Å²) in [6.07, 6.45) is 1.66. The van der Waals surface area contributed by atoms with E-state index in [0.29, 0.717) is 6.54 Å². The molecule has 0 unspecified atom stereocenters. The molecular formula is C28H32N4O6S. The molecule has 10 nitrogen and oxygen atoms in total. The summed E-state index contributed by atoms with van der Waals surface area (Å²) in [5, 5.41) is 14.2. The maximum absolute atomic E-state index is 13.8. The van der Waals surface area contributed by atoms with E-state index in [1.807, 2.05) is 13.0 Å². The van der Waals surface area contributed by atoms with Crippen molar-refractivity contribution in [3.8, 4) is 0 Å². The molecule has 0 saturated carbocycles. The molecule has 11 heteroatoms. The van der Waals surface area contributed by atoms with Crippen LogP contribution in [-0.4, -0.2) is 49.2 Å². The molecule has 0 aliphatic heterocycles. The van der Waals surface area contributed by atoms with Gasteiger partial charge in [0.2, 0.25) is 11.8 Å². The Hall–Kier alpha value is -4.25. The van der Waals surface area contributed by atoms with Gasteiger partial charge in [-0.1, -0.05) is 67.9 Å². The van der Waals surface area contributed by atoms with E-state index in [4.69, 9.17) is 0 Å². The van der Waals surface area contributed by atoms with Crippen molar-refractivity contribution in [3.63, 3.8) is 0 Å². The Morgan fingerprint density at radius 3 is 2.23 bits per heavy atom. The lowest BCUT2D eigenvalue weighted by atomic mass is 10.1. The van der Waals surface area contributed by atoms with Gasteiger partial charge in [-0.25, -0.2) is 8.42 Å². The standard InChI is InChI=1S/C28H32N4O6S/c1-3-4-18-29-28(34)22(2)30(20-23-12-7-5-8-13-23)27(33)21-31(24-14-11-15-25(19-24)32(35)36)39(37,38)26-16-9-6-10-17-26/h5-17,19,22H,3-4,18,20-21H2,1-2H3,(H,29,34)/t22-/m1/s1. The highest BCUT2D eigenvalue weighted by Gasteiger charge is 2.33. The molecule has 1 N–H and O–H groups in total. The van der Waals surface area contributed by atoms with Crippen molar-refractivity contribution >= 4 is 33.2 Å². The lowest BCUT2D eigenvalue weighted by Crippen LogP contribution is -2.51. The Balaban J connectivity index is 2.02. The highest BCUT2D eigenvalue weighted by Crippen LogP contribution is 2.27. The Morgan fingerprint density at radius 2 is 1.62 bits per heavy atom. The van der Waals surface area contributed by atoms with Gasteiger partial charge in [-0.2, -0.15) is 0 Å². The average Bonchev–Trinajstić information content (AvgIpc) is 2.95. The molecule has 0 spiro atoms. The van der Waals surface area contributed by atoms with Crippen LogP contribution < -0.4 is 9.62 Å². The molecule has 0 aliphatic carbocycles. The van der Waals surface area contributed by atoms with Gasteiger partial charge in [0.1, 0.15) is 12.6 Å². The van der Waals surface area contributed by atoms with Gasteiger partial charge in [0, 0.05) is 25.2 Å². The third-order valence-electron chi connectivity index (χ3n) is 6.13. The second-order valence-corrected chi connectivity index (χ2v) is 10.8. The zero-order valence-corrected chi connectivity index (χ0v) is 22.7. The summed E-state index contributed by atoms with van der Waals surface area (Å²) in [5.41, 5.74) is 0.394. The summed E-state index contributed by atoms with van der Waals surface area (Å²) in [6.45, 7) is 3.44. The van der Waals surface area contributed by atoms with Crippen LogP contribution >= 0.6 is 0 Å². The lowest BCUT2D eigenvalue weighted by Gasteiger charge is -2.32. The van der Waals surface area contributed by atoms with E-state index in [1.165, 1.54) is 35.2 Å². The minimum Gasteiger partial charge on any atom is -0.354 e. The maximum Gasteiger partial charge on any atom is 0.271 e. The number of rotatable bonds is 13. The number of nitro benzene ring substituents is 1. The predicted octanol–water partition coefficient (Wildman–Crippen LogP) is 4.12. The van der Waals surface area contributed by atoms with Crippen molar-refractivity contribution < 1.29 is 22.9 Å². The summed E-state index contributed by atoms with van der Waals surface area (Å²) in [7, 11) is -4.30. The highest BCUT2D eigenvalue weighted by molar-refractivity contribution is 7.92. The summed E-state index contributed by atoms with van der Waals surface area (Å²) >= 11 is 0. The van der Waals surface area contributed by atoms with Crippen LogP contribution in [0.4, 0.5) is 11.4 Å². The van der Waals surface area contributed by atoms with Crippen LogP contribution in [0.2, 0.25) is 0 Å². The molecule has 3 aromatic rings. The number of sulfonamides is 1. The quantitative estimate of drug-likeness (QED) is 0.193. The summed E-state index contributed by atoms with van der Waals surface area (Å²) in [5.74, 6) is -0.997. The molecule has 0 bridgehead atoms. The van der Waals surface area contributed by atoms with Gasteiger partial charge < -0.3 is 10.2 Å². The number of unbranched alkanes of at least 4 members (excludes halogenated alkanes) is 1. The van der Waals surface area contributed by atoms with Crippen LogP contribution in [0, 0.1) is 10.1 Å². The first-order valence-electron chi connectivity index (χ1n) is 12.6. The highest BCUT2D eigenvalue weighted by atomic mass is 32.2. The van der Waals surface area contributed by atoms with Crippen LogP contribution in [-0.2, 0) is 26.2 Å². The van der Waals surface area contributed by atoms with Crippen LogP contribution in [0.3, 0.4) is 0 Å². The average molecular weight is 553 g/mol. The number of carbonyl (C=O) groups excluding carboxylic acids is 2. The van der Waals surface area contributed by atoms with Crippen molar-refractivity contribution in [2.24, 2.45) is 0 Å². The van der Waals surface area contributed by atoms with Crippen molar-refractivity contribution in [1.82, 2.24) is 10.2 Å². The van der Waals surface area contributed by atoms with E-state index in [9.17, 15) is 28.1 Å². The number of anilines is 1. The molecule has 0 saturated heterocycles. The molecule has 0 heterocycles. The monoisotopic (exact) mass is 552 g/mol.